The smallest absolute Gasteiger partial charge is 0.277 e. The average Bonchev–Trinajstić information content (AvgIpc) is 3.27. The van der Waals surface area contributed by atoms with Gasteiger partial charge in [0.15, 0.2) is 0 Å². The standard InChI is InChI=1S/C23H32N8O2/c1-4-29(15-18-5-6-21-20(11-18)26-28-31(21)16(2)3)14-17-7-9-30(10-8-17)23-24-12-19(13-25-23)22(32)27-33/h5-6,11-13,16-17,33H,4,7-10,14-15H2,1-3H3,(H,27,32). The van der Waals surface area contributed by atoms with E-state index in [1.807, 2.05) is 4.68 Å². The minimum Gasteiger partial charge on any atom is -0.341 e. The van der Waals surface area contributed by atoms with Crippen molar-refractivity contribution in [2.24, 2.45) is 5.92 Å². The van der Waals surface area contributed by atoms with Gasteiger partial charge in [0.1, 0.15) is 5.52 Å². The van der Waals surface area contributed by atoms with Gasteiger partial charge >= 0.3 is 0 Å². The Hall–Kier alpha value is -3.11. The SMILES string of the molecule is CCN(Cc1ccc2c(c1)nnn2C(C)C)CC1CCN(c2ncc(C(=O)NO)cn2)CC1. The van der Waals surface area contributed by atoms with Crippen molar-refractivity contribution in [2.75, 3.05) is 31.1 Å². The molecule has 10 heteroatoms. The normalized spacial score (nSPS) is 15.0. The molecule has 10 nitrogen and oxygen atoms in total. The van der Waals surface area contributed by atoms with E-state index in [0.29, 0.717) is 17.9 Å². The van der Waals surface area contributed by atoms with Gasteiger partial charge in [-0.25, -0.2) is 20.1 Å². The number of aromatic nitrogens is 5. The maximum atomic E-state index is 11.4. The van der Waals surface area contributed by atoms with E-state index in [1.165, 1.54) is 18.0 Å². The number of carbonyl (C=O) groups is 1. The number of nitrogens with one attached hydrogen (secondary N) is 1. The quantitative estimate of drug-likeness (QED) is 0.396. The van der Waals surface area contributed by atoms with E-state index in [9.17, 15) is 4.79 Å². The van der Waals surface area contributed by atoms with E-state index in [4.69, 9.17) is 5.21 Å². The zero-order valence-corrected chi connectivity index (χ0v) is 19.5. The number of piperidine rings is 1. The van der Waals surface area contributed by atoms with E-state index >= 15 is 0 Å². The van der Waals surface area contributed by atoms with Gasteiger partial charge in [0.25, 0.3) is 5.91 Å². The first-order valence-corrected chi connectivity index (χ1v) is 11.6. The molecule has 0 aliphatic carbocycles. The lowest BCUT2D eigenvalue weighted by atomic mass is 9.96. The topological polar surface area (TPSA) is 112 Å². The summed E-state index contributed by atoms with van der Waals surface area (Å²) in [5.41, 5.74) is 5.13. The van der Waals surface area contributed by atoms with Crippen LogP contribution in [0.5, 0.6) is 0 Å². The Labute approximate surface area is 193 Å². The summed E-state index contributed by atoms with van der Waals surface area (Å²) in [5.74, 6) is 0.632. The van der Waals surface area contributed by atoms with Crippen LogP contribution in [0, 0.1) is 5.92 Å². The molecule has 2 aromatic heterocycles. The second kappa shape index (κ2) is 10.2. The first-order chi connectivity index (χ1) is 16.0. The highest BCUT2D eigenvalue weighted by molar-refractivity contribution is 5.92. The Balaban J connectivity index is 1.31. The molecule has 4 rings (SSSR count). The summed E-state index contributed by atoms with van der Waals surface area (Å²) < 4.78 is 1.96. The molecule has 0 atom stereocenters. The lowest BCUT2D eigenvalue weighted by Crippen LogP contribution is -2.39. The summed E-state index contributed by atoms with van der Waals surface area (Å²) in [6, 6.07) is 6.77. The highest BCUT2D eigenvalue weighted by atomic mass is 16.5. The first kappa shape index (κ1) is 23.1. The molecule has 33 heavy (non-hydrogen) atoms. The van der Waals surface area contributed by atoms with Gasteiger partial charge in [-0.3, -0.25) is 14.9 Å². The van der Waals surface area contributed by atoms with Gasteiger partial charge in [-0.1, -0.05) is 18.2 Å². The largest absolute Gasteiger partial charge is 0.341 e. The van der Waals surface area contributed by atoms with Gasteiger partial charge in [0.2, 0.25) is 5.95 Å². The highest BCUT2D eigenvalue weighted by Crippen LogP contribution is 2.23. The Morgan fingerprint density at radius 2 is 1.97 bits per heavy atom. The van der Waals surface area contributed by atoms with Gasteiger partial charge in [-0.2, -0.15) is 0 Å². The molecule has 0 spiro atoms. The molecular weight excluding hydrogens is 420 g/mol. The van der Waals surface area contributed by atoms with Gasteiger partial charge in [-0.15, -0.1) is 5.10 Å². The summed E-state index contributed by atoms with van der Waals surface area (Å²) in [4.78, 5) is 24.6. The minimum atomic E-state index is -0.608. The molecule has 1 fully saturated rings. The molecule has 2 N–H and O–H groups in total. The molecule has 0 bridgehead atoms. The van der Waals surface area contributed by atoms with Crippen LogP contribution in [0.3, 0.4) is 0 Å². The van der Waals surface area contributed by atoms with E-state index in [0.717, 1.165) is 56.6 Å². The Morgan fingerprint density at radius 1 is 1.24 bits per heavy atom. The molecule has 0 radical (unpaired) electrons. The fourth-order valence-electron chi connectivity index (χ4n) is 4.38. The number of carbonyl (C=O) groups excluding carboxylic acids is 1. The van der Waals surface area contributed by atoms with E-state index in [2.05, 4.69) is 69.1 Å². The molecule has 0 unspecified atom stereocenters. The second-order valence-corrected chi connectivity index (χ2v) is 8.92. The van der Waals surface area contributed by atoms with Crippen molar-refractivity contribution in [2.45, 2.75) is 46.2 Å². The van der Waals surface area contributed by atoms with Gasteiger partial charge in [0, 0.05) is 44.6 Å². The lowest BCUT2D eigenvalue weighted by molar-refractivity contribution is 0.0705. The second-order valence-electron chi connectivity index (χ2n) is 8.92. The molecule has 3 aromatic rings. The monoisotopic (exact) mass is 452 g/mol. The molecule has 176 valence electrons. The van der Waals surface area contributed by atoms with Crippen LogP contribution in [-0.2, 0) is 6.54 Å². The van der Waals surface area contributed by atoms with Crippen molar-refractivity contribution >= 4 is 22.9 Å². The van der Waals surface area contributed by atoms with E-state index < -0.39 is 5.91 Å². The Morgan fingerprint density at radius 3 is 2.61 bits per heavy atom. The van der Waals surface area contributed by atoms with Gasteiger partial charge in [-0.05, 0) is 56.8 Å². The van der Waals surface area contributed by atoms with Crippen molar-refractivity contribution < 1.29 is 10.0 Å². The predicted octanol–water partition coefficient (Wildman–Crippen LogP) is 2.66. The summed E-state index contributed by atoms with van der Waals surface area (Å²) in [6.45, 7) is 11.2. The fraction of sp³-hybridized carbons (Fsp3) is 0.522. The summed E-state index contributed by atoms with van der Waals surface area (Å²) in [6.07, 6.45) is 5.02. The molecule has 1 aromatic carbocycles. The van der Waals surface area contributed by atoms with Crippen molar-refractivity contribution in [3.8, 4) is 0 Å². The molecule has 0 saturated carbocycles. The van der Waals surface area contributed by atoms with E-state index in [-0.39, 0.29) is 5.56 Å². The maximum Gasteiger partial charge on any atom is 0.277 e. The number of benzene rings is 1. The minimum absolute atomic E-state index is 0.236. The van der Waals surface area contributed by atoms with Crippen molar-refractivity contribution in [1.29, 1.82) is 0 Å². The number of amides is 1. The lowest BCUT2D eigenvalue weighted by Gasteiger charge is -2.34. The Bertz CT molecular complexity index is 1070. The number of hydroxylamine groups is 1. The fourth-order valence-corrected chi connectivity index (χ4v) is 4.38. The third-order valence-electron chi connectivity index (χ3n) is 6.29. The Kier molecular flexibility index (Phi) is 7.14. The van der Waals surface area contributed by atoms with Gasteiger partial charge in [0.05, 0.1) is 11.1 Å². The van der Waals surface area contributed by atoms with Crippen LogP contribution < -0.4 is 10.4 Å². The third-order valence-corrected chi connectivity index (χ3v) is 6.29. The molecule has 1 saturated heterocycles. The van der Waals surface area contributed by atoms with Crippen LogP contribution in [0.4, 0.5) is 5.95 Å². The number of anilines is 1. The van der Waals surface area contributed by atoms with Crippen LogP contribution >= 0.6 is 0 Å². The molecule has 1 aliphatic rings. The maximum absolute atomic E-state index is 11.4. The molecular formula is C23H32N8O2. The first-order valence-electron chi connectivity index (χ1n) is 11.6. The average molecular weight is 453 g/mol. The van der Waals surface area contributed by atoms with E-state index in [1.54, 1.807) is 5.48 Å². The van der Waals surface area contributed by atoms with Crippen LogP contribution in [0.15, 0.2) is 30.6 Å². The number of rotatable bonds is 8. The highest BCUT2D eigenvalue weighted by Gasteiger charge is 2.23. The summed E-state index contributed by atoms with van der Waals surface area (Å²) >= 11 is 0. The zero-order chi connectivity index (χ0) is 23.4. The number of hydrogen-bond donors (Lipinski definition) is 2. The summed E-state index contributed by atoms with van der Waals surface area (Å²) in [5, 5.41) is 17.3. The van der Waals surface area contributed by atoms with Crippen LogP contribution in [0.1, 0.15) is 55.6 Å². The third kappa shape index (κ3) is 5.28. The number of nitrogens with zero attached hydrogens (tertiary/aromatic N) is 7. The van der Waals surface area contributed by atoms with Crippen LogP contribution in [0.25, 0.3) is 11.0 Å². The molecule has 1 amide bonds. The molecule has 1 aliphatic heterocycles. The van der Waals surface area contributed by atoms with Crippen molar-refractivity contribution in [3.63, 3.8) is 0 Å². The number of hydrogen-bond acceptors (Lipinski definition) is 8. The van der Waals surface area contributed by atoms with Crippen LogP contribution in [-0.4, -0.2) is 67.2 Å². The predicted molar refractivity (Wildman–Crippen MR) is 125 cm³/mol. The molecule has 3 heterocycles. The van der Waals surface area contributed by atoms with Gasteiger partial charge < -0.3 is 4.90 Å². The van der Waals surface area contributed by atoms with Crippen molar-refractivity contribution in [3.05, 3.63) is 41.7 Å². The van der Waals surface area contributed by atoms with Crippen molar-refractivity contribution in [1.82, 2.24) is 35.3 Å². The van der Waals surface area contributed by atoms with Crippen LogP contribution in [0.2, 0.25) is 0 Å². The number of fused-ring (bicyclic) bond motifs is 1. The summed E-state index contributed by atoms with van der Waals surface area (Å²) in [7, 11) is 0. The zero-order valence-electron chi connectivity index (χ0n) is 19.5.